The molecule has 4 atom stereocenters. The summed E-state index contributed by atoms with van der Waals surface area (Å²) in [4.78, 5) is 10.9. The summed E-state index contributed by atoms with van der Waals surface area (Å²) in [6.07, 6.45) is 39.8. The zero-order valence-electron chi connectivity index (χ0n) is 30.7. The summed E-state index contributed by atoms with van der Waals surface area (Å²) in [6, 6.07) is 26.7. The number of hydrogen-bond acceptors (Lipinski definition) is 3. The molecule has 1 heterocycles. The Balaban J connectivity index is 1.02. The van der Waals surface area contributed by atoms with E-state index in [-0.39, 0.29) is 11.8 Å². The first-order valence-corrected chi connectivity index (χ1v) is 19.8. The smallest absolute Gasteiger partial charge is 0.159 e. The van der Waals surface area contributed by atoms with Gasteiger partial charge in [0, 0.05) is 28.9 Å². The summed E-state index contributed by atoms with van der Waals surface area (Å²) < 4.78 is 0. The molecule has 0 aliphatic heterocycles. The van der Waals surface area contributed by atoms with Gasteiger partial charge in [0.2, 0.25) is 0 Å². The van der Waals surface area contributed by atoms with Gasteiger partial charge in [0.15, 0.2) is 5.82 Å². The van der Waals surface area contributed by atoms with Crippen LogP contribution >= 0.6 is 0 Å². The zero-order valence-corrected chi connectivity index (χ0v) is 30.7. The van der Waals surface area contributed by atoms with Crippen molar-refractivity contribution in [3.8, 4) is 17.2 Å². The van der Waals surface area contributed by atoms with Crippen LogP contribution in [0.3, 0.4) is 0 Å². The Morgan fingerprint density at radius 2 is 1.48 bits per heavy atom. The molecule has 264 valence electrons. The maximum Gasteiger partial charge on any atom is 0.159 e. The summed E-state index contributed by atoms with van der Waals surface area (Å²) in [5.41, 5.74) is 12.4. The summed E-state index contributed by atoms with van der Waals surface area (Å²) in [5, 5.41) is 11.9. The lowest BCUT2D eigenvalue weighted by molar-refractivity contribution is 0.599. The van der Waals surface area contributed by atoms with Crippen molar-refractivity contribution in [2.75, 3.05) is 0 Å². The topological polar surface area (TPSA) is 49.6 Å². The van der Waals surface area contributed by atoms with E-state index in [1.807, 2.05) is 0 Å². The van der Waals surface area contributed by atoms with E-state index >= 15 is 0 Å². The SMILES string of the molecule is N#CC1C=CC(C2C=CC(c3ccc(C4C=CC(c5nc(C6=CC=CCC6)c(-c6ccccc6)c(C6CC=CCC6)n5)=CC4)c4ccccc34)=CC2)=CC1. The van der Waals surface area contributed by atoms with Gasteiger partial charge in [-0.15, -0.1) is 0 Å². The number of hydrogen-bond donors (Lipinski definition) is 0. The molecule has 1 aromatic heterocycles. The van der Waals surface area contributed by atoms with E-state index in [0.717, 1.165) is 68.5 Å². The number of nitrogens with zero attached hydrogens (tertiary/aromatic N) is 3. The van der Waals surface area contributed by atoms with Crippen LogP contribution in [0, 0.1) is 23.2 Å². The van der Waals surface area contributed by atoms with E-state index in [1.54, 1.807) is 0 Å². The van der Waals surface area contributed by atoms with Crippen LogP contribution in [0.15, 0.2) is 157 Å². The van der Waals surface area contributed by atoms with Crippen LogP contribution in [0.4, 0.5) is 0 Å². The van der Waals surface area contributed by atoms with E-state index in [2.05, 4.69) is 158 Å². The Bertz CT molecular complexity index is 2420. The molecule has 54 heavy (non-hydrogen) atoms. The second-order valence-electron chi connectivity index (χ2n) is 15.2. The van der Waals surface area contributed by atoms with Crippen molar-refractivity contribution in [2.24, 2.45) is 11.8 Å². The van der Waals surface area contributed by atoms with Gasteiger partial charge in [0.05, 0.1) is 23.4 Å². The van der Waals surface area contributed by atoms with Crippen molar-refractivity contribution in [3.05, 3.63) is 186 Å². The lowest BCUT2D eigenvalue weighted by Crippen LogP contribution is -2.13. The number of benzene rings is 3. The van der Waals surface area contributed by atoms with Crippen LogP contribution in [0.1, 0.15) is 91.5 Å². The third-order valence-electron chi connectivity index (χ3n) is 11.8. The van der Waals surface area contributed by atoms with Crippen LogP contribution in [-0.2, 0) is 0 Å². The molecule has 4 aromatic rings. The molecule has 0 N–H and O–H groups in total. The van der Waals surface area contributed by atoms with Gasteiger partial charge >= 0.3 is 0 Å². The van der Waals surface area contributed by atoms with Crippen molar-refractivity contribution in [2.45, 2.75) is 63.2 Å². The normalized spacial score (nSPS) is 23.4. The van der Waals surface area contributed by atoms with Gasteiger partial charge < -0.3 is 0 Å². The van der Waals surface area contributed by atoms with Crippen molar-refractivity contribution < 1.29 is 0 Å². The molecule has 0 bridgehead atoms. The van der Waals surface area contributed by atoms with Gasteiger partial charge in [-0.1, -0.05) is 152 Å². The molecule has 3 nitrogen and oxygen atoms in total. The molecule has 5 aliphatic rings. The van der Waals surface area contributed by atoms with Crippen LogP contribution in [-0.4, -0.2) is 9.97 Å². The molecule has 0 fully saturated rings. The highest BCUT2D eigenvalue weighted by atomic mass is 14.9. The average molecular weight is 700 g/mol. The number of fused-ring (bicyclic) bond motifs is 1. The quantitative estimate of drug-likeness (QED) is 0.180. The molecule has 0 radical (unpaired) electrons. The minimum Gasteiger partial charge on any atom is -0.232 e. The van der Waals surface area contributed by atoms with Crippen molar-refractivity contribution >= 4 is 27.5 Å². The molecular formula is C51H45N3. The van der Waals surface area contributed by atoms with Crippen LogP contribution in [0.2, 0.25) is 0 Å². The first-order chi connectivity index (χ1) is 26.7. The van der Waals surface area contributed by atoms with Gasteiger partial charge in [-0.3, -0.25) is 0 Å². The van der Waals surface area contributed by atoms with Gasteiger partial charge in [-0.25, -0.2) is 9.97 Å². The minimum absolute atomic E-state index is 0.00463. The maximum absolute atomic E-state index is 9.27. The lowest BCUT2D eigenvalue weighted by Gasteiger charge is -2.25. The zero-order chi connectivity index (χ0) is 36.3. The summed E-state index contributed by atoms with van der Waals surface area (Å²) >= 11 is 0. The highest BCUT2D eigenvalue weighted by Crippen LogP contribution is 2.43. The third kappa shape index (κ3) is 6.74. The Morgan fingerprint density at radius 3 is 2.20 bits per heavy atom. The predicted molar refractivity (Wildman–Crippen MR) is 224 cm³/mol. The first kappa shape index (κ1) is 34.0. The first-order valence-electron chi connectivity index (χ1n) is 19.8. The number of aromatic nitrogens is 2. The Labute approximate surface area is 319 Å². The molecule has 4 unspecified atom stereocenters. The molecule has 9 rings (SSSR count). The summed E-state index contributed by atoms with van der Waals surface area (Å²) in [7, 11) is 0. The van der Waals surface area contributed by atoms with Gasteiger partial charge in [-0.2, -0.15) is 5.26 Å². The molecule has 0 spiro atoms. The van der Waals surface area contributed by atoms with Gasteiger partial charge in [0.1, 0.15) is 0 Å². The largest absolute Gasteiger partial charge is 0.232 e. The second-order valence-corrected chi connectivity index (χ2v) is 15.2. The van der Waals surface area contributed by atoms with Crippen molar-refractivity contribution in [1.29, 1.82) is 5.26 Å². The molecule has 5 aliphatic carbocycles. The van der Waals surface area contributed by atoms with E-state index < -0.39 is 0 Å². The monoisotopic (exact) mass is 699 g/mol. The number of rotatable bonds is 7. The summed E-state index contributed by atoms with van der Waals surface area (Å²) in [5.74, 6) is 1.86. The van der Waals surface area contributed by atoms with E-state index in [0.29, 0.717) is 11.8 Å². The van der Waals surface area contributed by atoms with E-state index in [1.165, 1.54) is 55.4 Å². The van der Waals surface area contributed by atoms with E-state index in [9.17, 15) is 5.26 Å². The Morgan fingerprint density at radius 1 is 0.667 bits per heavy atom. The molecule has 0 saturated carbocycles. The predicted octanol–water partition coefficient (Wildman–Crippen LogP) is 13.0. The van der Waals surface area contributed by atoms with E-state index in [4.69, 9.17) is 9.97 Å². The molecule has 0 saturated heterocycles. The lowest BCUT2D eigenvalue weighted by atomic mass is 9.82. The van der Waals surface area contributed by atoms with Gasteiger partial charge in [0.25, 0.3) is 0 Å². The maximum atomic E-state index is 9.27. The van der Waals surface area contributed by atoms with Crippen LogP contribution in [0.5, 0.6) is 0 Å². The van der Waals surface area contributed by atoms with Crippen molar-refractivity contribution in [1.82, 2.24) is 9.97 Å². The second kappa shape index (κ2) is 15.2. The highest BCUT2D eigenvalue weighted by molar-refractivity contribution is 5.98. The number of allylic oxidation sites excluding steroid dienone is 18. The van der Waals surface area contributed by atoms with Crippen molar-refractivity contribution in [3.63, 3.8) is 0 Å². The third-order valence-corrected chi connectivity index (χ3v) is 11.8. The Kier molecular flexibility index (Phi) is 9.59. The number of nitriles is 1. The fourth-order valence-corrected chi connectivity index (χ4v) is 8.86. The standard InChI is InChI=1S/C51H45N3/c52-34-35-20-22-36(23-21-35)37-24-26-38(27-25-37)44-32-33-45(47-19-11-10-18-46(44)47)39-28-30-43(31-29-39)51-53-49(41-14-6-2-7-15-41)48(40-12-4-1-5-13-40)50(54-51)42-16-8-3-9-17-42/h1-6,8,10-14,18-20,22-24,26-28,30-33,35,37,39,42H,7,9,15-17,21,25,29H2. The minimum atomic E-state index is 0.00463. The van der Waals surface area contributed by atoms with Crippen LogP contribution < -0.4 is 0 Å². The molecule has 3 aromatic carbocycles. The average Bonchev–Trinajstić information content (AvgIpc) is 3.26. The molecule has 3 heteroatoms. The van der Waals surface area contributed by atoms with Crippen LogP contribution in [0.25, 0.3) is 38.6 Å². The Hall–Kier alpha value is -5.85. The summed E-state index contributed by atoms with van der Waals surface area (Å²) in [6.45, 7) is 0. The fourth-order valence-electron chi connectivity index (χ4n) is 8.86. The fraction of sp³-hybridized carbons (Fsp3) is 0.235. The van der Waals surface area contributed by atoms with Gasteiger partial charge in [-0.05, 0) is 95.5 Å². The molecular weight excluding hydrogens is 655 g/mol. The molecule has 0 amide bonds. The highest BCUT2D eigenvalue weighted by Gasteiger charge is 2.27.